The Bertz CT molecular complexity index is 874. The molecule has 1 amide bonds. The smallest absolute Gasteiger partial charge is 0.252 e. The van der Waals surface area contributed by atoms with E-state index in [1.165, 1.54) is 27.4 Å². The van der Waals surface area contributed by atoms with Crippen LogP contribution in [0.4, 0.5) is 0 Å². The van der Waals surface area contributed by atoms with Crippen molar-refractivity contribution >= 4 is 38.9 Å². The molecule has 3 rings (SSSR count). The molecule has 8 heteroatoms. The van der Waals surface area contributed by atoms with Crippen molar-refractivity contribution in [1.82, 2.24) is 9.62 Å². The van der Waals surface area contributed by atoms with Crippen molar-refractivity contribution in [2.45, 2.75) is 37.0 Å². The van der Waals surface area contributed by atoms with Crippen LogP contribution in [0.25, 0.3) is 0 Å². The molecule has 0 saturated carbocycles. The van der Waals surface area contributed by atoms with Gasteiger partial charge in [-0.05, 0) is 48.9 Å². The van der Waals surface area contributed by atoms with E-state index in [9.17, 15) is 13.2 Å². The van der Waals surface area contributed by atoms with Crippen LogP contribution < -0.4 is 5.32 Å². The Morgan fingerprint density at radius 3 is 2.56 bits per heavy atom. The number of thiophene rings is 1. The Balaban J connectivity index is 1.73. The molecule has 1 fully saturated rings. The highest BCUT2D eigenvalue weighted by atomic mass is 35.5. The number of hydrogen-bond acceptors (Lipinski definition) is 4. The molecule has 0 unspecified atom stereocenters. The molecule has 0 bridgehead atoms. The van der Waals surface area contributed by atoms with Gasteiger partial charge in [0, 0.05) is 24.5 Å². The summed E-state index contributed by atoms with van der Waals surface area (Å²) in [7, 11) is -3.62. The van der Waals surface area contributed by atoms with Crippen LogP contribution in [0.1, 0.15) is 40.9 Å². The third kappa shape index (κ3) is 5.10. The van der Waals surface area contributed by atoms with E-state index in [4.69, 9.17) is 11.6 Å². The fourth-order valence-corrected chi connectivity index (χ4v) is 5.58. The Morgan fingerprint density at radius 2 is 1.89 bits per heavy atom. The highest BCUT2D eigenvalue weighted by Gasteiger charge is 2.26. The van der Waals surface area contributed by atoms with Crippen LogP contribution in [0.3, 0.4) is 0 Å². The highest BCUT2D eigenvalue weighted by molar-refractivity contribution is 7.89. The van der Waals surface area contributed by atoms with Crippen molar-refractivity contribution in [3.63, 3.8) is 0 Å². The molecule has 0 aliphatic carbocycles. The second-order valence-corrected chi connectivity index (χ2v) is 9.92. The lowest BCUT2D eigenvalue weighted by Crippen LogP contribution is -2.32. The predicted molar refractivity (Wildman–Crippen MR) is 109 cm³/mol. The maximum atomic E-state index is 12.9. The number of rotatable bonds is 6. The first kappa shape index (κ1) is 20.3. The summed E-state index contributed by atoms with van der Waals surface area (Å²) in [6.07, 6.45) is 4.55. The van der Waals surface area contributed by atoms with Gasteiger partial charge < -0.3 is 5.32 Å². The highest BCUT2D eigenvalue weighted by Crippen LogP contribution is 2.25. The van der Waals surface area contributed by atoms with Crippen LogP contribution in [0.15, 0.2) is 40.6 Å². The van der Waals surface area contributed by atoms with Crippen molar-refractivity contribution in [1.29, 1.82) is 0 Å². The predicted octanol–water partition coefficient (Wildman–Crippen LogP) is 3.94. The Morgan fingerprint density at radius 1 is 1.15 bits per heavy atom. The van der Waals surface area contributed by atoms with Crippen LogP contribution in [0.2, 0.25) is 5.02 Å². The van der Waals surface area contributed by atoms with Gasteiger partial charge in [-0.3, -0.25) is 4.79 Å². The second-order valence-electron chi connectivity index (χ2n) is 6.55. The van der Waals surface area contributed by atoms with Crippen LogP contribution in [-0.2, 0) is 16.4 Å². The molecule has 1 aromatic heterocycles. The number of halogens is 1. The lowest BCUT2D eigenvalue weighted by atomic mass is 10.2. The van der Waals surface area contributed by atoms with Crippen molar-refractivity contribution in [3.05, 3.63) is 51.2 Å². The topological polar surface area (TPSA) is 66.5 Å². The molecule has 5 nitrogen and oxygen atoms in total. The van der Waals surface area contributed by atoms with Crippen LogP contribution in [0.5, 0.6) is 0 Å². The van der Waals surface area contributed by atoms with Gasteiger partial charge in [-0.1, -0.05) is 30.5 Å². The molecule has 1 saturated heterocycles. The average Bonchev–Trinajstić information content (AvgIpc) is 3.00. The summed E-state index contributed by atoms with van der Waals surface area (Å²) in [6.45, 7) is 1.51. The van der Waals surface area contributed by atoms with E-state index in [1.54, 1.807) is 11.3 Å². The third-order valence-electron chi connectivity index (χ3n) is 4.62. The minimum Gasteiger partial charge on any atom is -0.352 e. The number of nitrogens with zero attached hydrogens (tertiary/aromatic N) is 1. The number of hydrogen-bond donors (Lipinski definition) is 1. The summed E-state index contributed by atoms with van der Waals surface area (Å²) in [4.78, 5) is 13.8. The van der Waals surface area contributed by atoms with Gasteiger partial charge in [0.05, 0.1) is 15.5 Å². The minimum absolute atomic E-state index is 0.122. The standard InChI is InChI=1S/C19H23ClN2O3S2/c20-18-8-7-16(27(24,25)22-11-3-1-2-4-12-22)14-17(18)19(23)21-10-9-15-6-5-13-26-15/h5-8,13-14H,1-4,9-12H2,(H,21,23). The molecule has 2 aromatic rings. The van der Waals surface area contributed by atoms with Crippen molar-refractivity contribution < 1.29 is 13.2 Å². The lowest BCUT2D eigenvalue weighted by molar-refractivity contribution is 0.0954. The van der Waals surface area contributed by atoms with Gasteiger partial charge in [-0.2, -0.15) is 4.31 Å². The molecule has 2 heterocycles. The SMILES string of the molecule is O=C(NCCc1cccs1)c1cc(S(=O)(=O)N2CCCCCC2)ccc1Cl. The van der Waals surface area contributed by atoms with Gasteiger partial charge in [0.1, 0.15) is 0 Å². The molecule has 146 valence electrons. The van der Waals surface area contributed by atoms with Crippen molar-refractivity contribution in [2.24, 2.45) is 0 Å². The zero-order valence-corrected chi connectivity index (χ0v) is 17.4. The first-order chi connectivity index (χ1) is 13.0. The Labute approximate surface area is 169 Å². The minimum atomic E-state index is -3.62. The fourth-order valence-electron chi connectivity index (χ4n) is 3.12. The molecule has 1 N–H and O–H groups in total. The fraction of sp³-hybridized carbons (Fsp3) is 0.421. The van der Waals surface area contributed by atoms with E-state index >= 15 is 0 Å². The number of carbonyl (C=O) groups is 1. The monoisotopic (exact) mass is 426 g/mol. The molecule has 1 aliphatic rings. The molecule has 0 spiro atoms. The van der Waals surface area contributed by atoms with E-state index in [-0.39, 0.29) is 21.4 Å². The largest absolute Gasteiger partial charge is 0.352 e. The number of carbonyl (C=O) groups excluding carboxylic acids is 1. The molecule has 27 heavy (non-hydrogen) atoms. The summed E-state index contributed by atoms with van der Waals surface area (Å²) >= 11 is 7.80. The van der Waals surface area contributed by atoms with Crippen LogP contribution >= 0.6 is 22.9 Å². The summed E-state index contributed by atoms with van der Waals surface area (Å²) in [6, 6.07) is 8.34. The number of amides is 1. The van der Waals surface area contributed by atoms with Gasteiger partial charge in [-0.25, -0.2) is 8.42 Å². The number of sulfonamides is 1. The third-order valence-corrected chi connectivity index (χ3v) is 7.78. The normalized spacial score (nSPS) is 16.0. The number of nitrogens with one attached hydrogen (secondary N) is 1. The summed E-state index contributed by atoms with van der Waals surface area (Å²) in [5.74, 6) is -0.357. The Kier molecular flexibility index (Phi) is 6.92. The van der Waals surface area contributed by atoms with E-state index in [0.717, 1.165) is 32.1 Å². The zero-order chi connectivity index (χ0) is 19.3. The van der Waals surface area contributed by atoms with Crippen LogP contribution in [0, 0.1) is 0 Å². The molecule has 0 atom stereocenters. The van der Waals surface area contributed by atoms with E-state index in [2.05, 4.69) is 5.32 Å². The zero-order valence-electron chi connectivity index (χ0n) is 15.0. The van der Waals surface area contributed by atoms with Gasteiger partial charge >= 0.3 is 0 Å². The van der Waals surface area contributed by atoms with Gasteiger partial charge in [0.25, 0.3) is 5.91 Å². The van der Waals surface area contributed by atoms with Gasteiger partial charge in [0.2, 0.25) is 10.0 Å². The molecular weight excluding hydrogens is 404 g/mol. The quantitative estimate of drug-likeness (QED) is 0.760. The van der Waals surface area contributed by atoms with E-state index in [0.29, 0.717) is 19.6 Å². The lowest BCUT2D eigenvalue weighted by Gasteiger charge is -2.20. The maximum Gasteiger partial charge on any atom is 0.252 e. The first-order valence-corrected chi connectivity index (χ1v) is 11.8. The van der Waals surface area contributed by atoms with Crippen molar-refractivity contribution in [3.8, 4) is 0 Å². The van der Waals surface area contributed by atoms with Gasteiger partial charge in [-0.15, -0.1) is 11.3 Å². The maximum absolute atomic E-state index is 12.9. The Hall–Kier alpha value is -1.41. The second kappa shape index (κ2) is 9.19. The molecule has 1 aromatic carbocycles. The number of benzene rings is 1. The average molecular weight is 427 g/mol. The summed E-state index contributed by atoms with van der Waals surface area (Å²) in [5, 5.41) is 5.06. The van der Waals surface area contributed by atoms with E-state index in [1.807, 2.05) is 17.5 Å². The van der Waals surface area contributed by atoms with Crippen molar-refractivity contribution in [2.75, 3.05) is 19.6 Å². The summed E-state index contributed by atoms with van der Waals surface area (Å²) < 4.78 is 27.4. The molecule has 1 aliphatic heterocycles. The summed E-state index contributed by atoms with van der Waals surface area (Å²) in [5.41, 5.74) is 0.193. The molecular formula is C19H23ClN2O3S2. The van der Waals surface area contributed by atoms with Gasteiger partial charge in [0.15, 0.2) is 0 Å². The first-order valence-electron chi connectivity index (χ1n) is 9.09. The van der Waals surface area contributed by atoms with Crippen LogP contribution in [-0.4, -0.2) is 38.3 Å². The van der Waals surface area contributed by atoms with E-state index < -0.39 is 10.0 Å². The molecule has 0 radical (unpaired) electrons.